The quantitative estimate of drug-likeness (QED) is 0.663. The Kier molecular flexibility index (Phi) is 4.62. The van der Waals surface area contributed by atoms with E-state index in [-0.39, 0.29) is 6.04 Å². The summed E-state index contributed by atoms with van der Waals surface area (Å²) in [6, 6.07) is 29.5. The number of hydrogen-bond acceptors (Lipinski definition) is 2. The van der Waals surface area contributed by atoms with E-state index in [4.69, 9.17) is 4.74 Å². The Balaban J connectivity index is 2.03. The monoisotopic (exact) mass is 303 g/mol. The summed E-state index contributed by atoms with van der Waals surface area (Å²) in [5.41, 5.74) is 3.70. The summed E-state index contributed by atoms with van der Waals surface area (Å²) in [6.45, 7) is 0. The van der Waals surface area contributed by atoms with Crippen molar-refractivity contribution in [2.45, 2.75) is 6.04 Å². The Morgan fingerprint density at radius 3 is 1.78 bits per heavy atom. The highest BCUT2D eigenvalue weighted by atomic mass is 16.5. The zero-order chi connectivity index (χ0) is 16.1. The predicted octanol–water partition coefficient (Wildman–Crippen LogP) is 4.92. The second kappa shape index (κ2) is 7.01. The lowest BCUT2D eigenvalue weighted by atomic mass is 9.97. The third-order valence-corrected chi connectivity index (χ3v) is 4.10. The Morgan fingerprint density at radius 2 is 1.22 bits per heavy atom. The van der Waals surface area contributed by atoms with Crippen LogP contribution in [0, 0.1) is 0 Å². The van der Waals surface area contributed by atoms with Crippen LogP contribution < -0.4 is 9.64 Å². The fourth-order valence-corrected chi connectivity index (χ4v) is 2.87. The number of ether oxygens (including phenoxy) is 1. The zero-order valence-electron chi connectivity index (χ0n) is 13.5. The Labute approximate surface area is 138 Å². The van der Waals surface area contributed by atoms with Crippen molar-refractivity contribution >= 4 is 5.69 Å². The highest BCUT2D eigenvalue weighted by molar-refractivity contribution is 5.51. The number of rotatable bonds is 5. The van der Waals surface area contributed by atoms with E-state index < -0.39 is 0 Å². The molecule has 0 aliphatic carbocycles. The smallest absolute Gasteiger partial charge is 0.118 e. The van der Waals surface area contributed by atoms with E-state index in [1.54, 1.807) is 7.11 Å². The van der Waals surface area contributed by atoms with E-state index >= 15 is 0 Å². The van der Waals surface area contributed by atoms with Gasteiger partial charge in [-0.2, -0.15) is 0 Å². The van der Waals surface area contributed by atoms with Gasteiger partial charge in [0.2, 0.25) is 0 Å². The molecule has 0 aromatic heterocycles. The Bertz CT molecular complexity index is 723. The highest BCUT2D eigenvalue weighted by Crippen LogP contribution is 2.32. The van der Waals surface area contributed by atoms with Crippen LogP contribution in [-0.4, -0.2) is 14.2 Å². The average Bonchev–Trinajstić information content (AvgIpc) is 2.64. The van der Waals surface area contributed by atoms with Gasteiger partial charge in [0, 0.05) is 12.7 Å². The molecule has 1 atom stereocenters. The van der Waals surface area contributed by atoms with Gasteiger partial charge in [-0.15, -0.1) is 0 Å². The SMILES string of the molecule is COc1ccc(C(c2ccccc2)N(C)c2ccccc2)cc1. The van der Waals surface area contributed by atoms with Gasteiger partial charge in [0.05, 0.1) is 13.2 Å². The maximum absolute atomic E-state index is 5.29. The van der Waals surface area contributed by atoms with Gasteiger partial charge in [-0.1, -0.05) is 60.7 Å². The lowest BCUT2D eigenvalue weighted by molar-refractivity contribution is 0.414. The van der Waals surface area contributed by atoms with E-state index in [0.29, 0.717) is 0 Å². The third-order valence-electron chi connectivity index (χ3n) is 4.10. The van der Waals surface area contributed by atoms with Crippen molar-refractivity contribution in [2.24, 2.45) is 0 Å². The molecule has 0 aliphatic heterocycles. The van der Waals surface area contributed by atoms with Crippen LogP contribution in [-0.2, 0) is 0 Å². The van der Waals surface area contributed by atoms with Crippen LogP contribution in [0.25, 0.3) is 0 Å². The summed E-state index contributed by atoms with van der Waals surface area (Å²) >= 11 is 0. The molecule has 3 aromatic rings. The largest absolute Gasteiger partial charge is 0.497 e. The molecule has 0 amide bonds. The number of para-hydroxylation sites is 1. The van der Waals surface area contributed by atoms with Gasteiger partial charge in [0.25, 0.3) is 0 Å². The van der Waals surface area contributed by atoms with E-state index in [0.717, 1.165) is 5.75 Å². The molecule has 0 fully saturated rings. The minimum Gasteiger partial charge on any atom is -0.497 e. The van der Waals surface area contributed by atoms with Crippen LogP contribution in [0.2, 0.25) is 0 Å². The molecule has 3 rings (SSSR count). The fraction of sp³-hybridized carbons (Fsp3) is 0.143. The van der Waals surface area contributed by atoms with Crippen LogP contribution in [0.15, 0.2) is 84.9 Å². The van der Waals surface area contributed by atoms with E-state index in [9.17, 15) is 0 Å². The van der Waals surface area contributed by atoms with Gasteiger partial charge in [0.1, 0.15) is 5.75 Å². The number of benzene rings is 3. The minimum absolute atomic E-state index is 0.157. The third kappa shape index (κ3) is 3.37. The molecule has 0 spiro atoms. The first-order valence-electron chi connectivity index (χ1n) is 7.76. The van der Waals surface area contributed by atoms with Crippen molar-refractivity contribution in [2.75, 3.05) is 19.1 Å². The molecule has 0 saturated carbocycles. The highest BCUT2D eigenvalue weighted by Gasteiger charge is 2.19. The molecule has 2 heteroatoms. The fourth-order valence-electron chi connectivity index (χ4n) is 2.87. The number of methoxy groups -OCH3 is 1. The molecule has 0 N–H and O–H groups in total. The number of nitrogens with zero attached hydrogens (tertiary/aromatic N) is 1. The second-order valence-electron chi connectivity index (χ2n) is 5.53. The first kappa shape index (κ1) is 15.2. The van der Waals surface area contributed by atoms with Crippen molar-refractivity contribution in [1.82, 2.24) is 0 Å². The molecule has 1 unspecified atom stereocenters. The van der Waals surface area contributed by atoms with Crippen LogP contribution >= 0.6 is 0 Å². The van der Waals surface area contributed by atoms with Gasteiger partial charge in [-0.25, -0.2) is 0 Å². The summed E-state index contributed by atoms with van der Waals surface area (Å²) < 4.78 is 5.29. The lowest BCUT2D eigenvalue weighted by Crippen LogP contribution is -2.25. The summed E-state index contributed by atoms with van der Waals surface area (Å²) in [7, 11) is 3.83. The summed E-state index contributed by atoms with van der Waals surface area (Å²) in [6.07, 6.45) is 0. The summed E-state index contributed by atoms with van der Waals surface area (Å²) in [5, 5.41) is 0. The predicted molar refractivity (Wildman–Crippen MR) is 96.1 cm³/mol. The normalized spacial score (nSPS) is 11.7. The molecule has 2 nitrogen and oxygen atoms in total. The van der Waals surface area contributed by atoms with Gasteiger partial charge >= 0.3 is 0 Å². The summed E-state index contributed by atoms with van der Waals surface area (Å²) in [5.74, 6) is 0.878. The Morgan fingerprint density at radius 1 is 0.696 bits per heavy atom. The van der Waals surface area contributed by atoms with Crippen LogP contribution in [0.3, 0.4) is 0 Å². The number of anilines is 1. The second-order valence-corrected chi connectivity index (χ2v) is 5.53. The molecule has 23 heavy (non-hydrogen) atoms. The molecule has 0 radical (unpaired) electrons. The van der Waals surface area contributed by atoms with Gasteiger partial charge < -0.3 is 9.64 Å². The van der Waals surface area contributed by atoms with Crippen molar-refractivity contribution in [3.63, 3.8) is 0 Å². The molecular formula is C21H21NO. The lowest BCUT2D eigenvalue weighted by Gasteiger charge is -2.31. The van der Waals surface area contributed by atoms with Crippen molar-refractivity contribution in [3.05, 3.63) is 96.1 Å². The van der Waals surface area contributed by atoms with Crippen LogP contribution in [0.5, 0.6) is 5.75 Å². The van der Waals surface area contributed by atoms with E-state index in [1.165, 1.54) is 16.8 Å². The van der Waals surface area contributed by atoms with Gasteiger partial charge in [-0.05, 0) is 35.4 Å². The van der Waals surface area contributed by atoms with Crippen molar-refractivity contribution < 1.29 is 4.74 Å². The number of hydrogen-bond donors (Lipinski definition) is 0. The van der Waals surface area contributed by atoms with Gasteiger partial charge in [0.15, 0.2) is 0 Å². The van der Waals surface area contributed by atoms with E-state index in [2.05, 4.69) is 78.7 Å². The standard InChI is InChI=1S/C21H21NO/c1-22(19-11-7-4-8-12-19)21(17-9-5-3-6-10-17)18-13-15-20(23-2)16-14-18/h3-16,21H,1-2H3. The Hall–Kier alpha value is -2.74. The molecule has 0 bridgehead atoms. The molecular weight excluding hydrogens is 282 g/mol. The first-order valence-corrected chi connectivity index (χ1v) is 7.76. The molecule has 0 saturated heterocycles. The topological polar surface area (TPSA) is 12.5 Å². The zero-order valence-corrected chi connectivity index (χ0v) is 13.5. The first-order chi connectivity index (χ1) is 11.3. The molecule has 116 valence electrons. The van der Waals surface area contributed by atoms with E-state index in [1.807, 2.05) is 18.2 Å². The van der Waals surface area contributed by atoms with Gasteiger partial charge in [-0.3, -0.25) is 0 Å². The van der Waals surface area contributed by atoms with Crippen molar-refractivity contribution in [3.8, 4) is 5.75 Å². The maximum atomic E-state index is 5.29. The molecule has 3 aromatic carbocycles. The maximum Gasteiger partial charge on any atom is 0.118 e. The minimum atomic E-state index is 0.157. The molecule has 0 heterocycles. The average molecular weight is 303 g/mol. The van der Waals surface area contributed by atoms with Crippen LogP contribution in [0.1, 0.15) is 17.2 Å². The summed E-state index contributed by atoms with van der Waals surface area (Å²) in [4.78, 5) is 2.30. The van der Waals surface area contributed by atoms with Crippen molar-refractivity contribution in [1.29, 1.82) is 0 Å². The molecule has 0 aliphatic rings. The van der Waals surface area contributed by atoms with Crippen LogP contribution in [0.4, 0.5) is 5.69 Å².